The lowest BCUT2D eigenvalue weighted by atomic mass is 9.84. The van der Waals surface area contributed by atoms with Crippen molar-refractivity contribution in [1.29, 1.82) is 0 Å². The van der Waals surface area contributed by atoms with Gasteiger partial charge in [0.1, 0.15) is 5.54 Å². The number of carbonyl (C=O) groups is 1. The van der Waals surface area contributed by atoms with Gasteiger partial charge in [-0.3, -0.25) is 14.7 Å². The smallest absolute Gasteiger partial charge is 0.240 e. The number of hydrogen-bond acceptors (Lipinski definition) is 5. The maximum Gasteiger partial charge on any atom is 0.240 e. The fourth-order valence-corrected chi connectivity index (χ4v) is 4.82. The van der Waals surface area contributed by atoms with Crippen molar-refractivity contribution in [2.45, 2.75) is 62.7 Å². The van der Waals surface area contributed by atoms with Crippen molar-refractivity contribution in [3.8, 4) is 0 Å². The Bertz CT molecular complexity index is 605. The molecule has 6 heteroatoms. The van der Waals surface area contributed by atoms with Crippen LogP contribution in [-0.2, 0) is 16.1 Å². The highest BCUT2D eigenvalue weighted by Crippen LogP contribution is 2.38. The van der Waals surface area contributed by atoms with Crippen molar-refractivity contribution < 1.29 is 9.53 Å². The highest BCUT2D eigenvalue weighted by atomic mass is 16.5. The highest BCUT2D eigenvalue weighted by molar-refractivity contribution is 5.87. The van der Waals surface area contributed by atoms with Crippen molar-refractivity contribution in [2.75, 3.05) is 26.3 Å². The lowest BCUT2D eigenvalue weighted by Crippen LogP contribution is -2.57. The van der Waals surface area contributed by atoms with Crippen molar-refractivity contribution >= 4 is 5.91 Å². The molecule has 6 nitrogen and oxygen atoms in total. The van der Waals surface area contributed by atoms with E-state index in [0.717, 1.165) is 64.1 Å². The molecule has 0 radical (unpaired) electrons. The summed E-state index contributed by atoms with van der Waals surface area (Å²) in [4.78, 5) is 19.9. The Hall–Kier alpha value is -1.50. The largest absolute Gasteiger partial charge is 0.381 e. The van der Waals surface area contributed by atoms with Gasteiger partial charge in [0.2, 0.25) is 5.91 Å². The second kappa shape index (κ2) is 8.03. The summed E-state index contributed by atoms with van der Waals surface area (Å²) in [5.74, 6) is 0.180. The Labute approximate surface area is 155 Å². The van der Waals surface area contributed by atoms with Gasteiger partial charge < -0.3 is 15.4 Å². The van der Waals surface area contributed by atoms with E-state index in [1.54, 1.807) is 6.20 Å². The maximum absolute atomic E-state index is 13.2. The van der Waals surface area contributed by atoms with Gasteiger partial charge in [-0.25, -0.2) is 0 Å². The van der Waals surface area contributed by atoms with E-state index in [9.17, 15) is 4.79 Å². The summed E-state index contributed by atoms with van der Waals surface area (Å²) < 4.78 is 5.47. The van der Waals surface area contributed by atoms with Crippen LogP contribution < -0.4 is 10.6 Å². The van der Waals surface area contributed by atoms with Gasteiger partial charge in [-0.15, -0.1) is 0 Å². The standard InChI is InChI=1S/C20H30N4O2/c25-19(22-14-17-5-1-3-9-21-17)20-8-2-4-10-24(20)15-18(13-20)23-16-6-11-26-12-7-16/h1,3,5,9,16,18,23H,2,4,6-8,10-15H2,(H,22,25)/t18-,20-/m0/s1. The Morgan fingerprint density at radius 3 is 2.96 bits per heavy atom. The van der Waals surface area contributed by atoms with E-state index in [1.807, 2.05) is 18.2 Å². The lowest BCUT2D eigenvalue weighted by molar-refractivity contribution is -0.134. The molecule has 4 heterocycles. The van der Waals surface area contributed by atoms with Crippen LogP contribution in [0.4, 0.5) is 0 Å². The number of rotatable bonds is 5. The monoisotopic (exact) mass is 358 g/mol. The average Bonchev–Trinajstić information content (AvgIpc) is 3.07. The van der Waals surface area contributed by atoms with Crippen molar-refractivity contribution in [3.05, 3.63) is 30.1 Å². The number of fused-ring (bicyclic) bond motifs is 1. The summed E-state index contributed by atoms with van der Waals surface area (Å²) in [6, 6.07) is 6.75. The zero-order valence-electron chi connectivity index (χ0n) is 15.5. The molecule has 3 saturated heterocycles. The first-order valence-corrected chi connectivity index (χ1v) is 10.0. The molecule has 0 bridgehead atoms. The van der Waals surface area contributed by atoms with Gasteiger partial charge in [0.25, 0.3) is 0 Å². The molecule has 1 amide bonds. The minimum Gasteiger partial charge on any atom is -0.381 e. The van der Waals surface area contributed by atoms with Crippen LogP contribution in [0.25, 0.3) is 0 Å². The van der Waals surface area contributed by atoms with Crippen LogP contribution in [-0.4, -0.2) is 59.7 Å². The van der Waals surface area contributed by atoms with E-state index in [-0.39, 0.29) is 11.4 Å². The fraction of sp³-hybridized carbons (Fsp3) is 0.700. The molecule has 0 aromatic carbocycles. The number of carbonyl (C=O) groups excluding carboxylic acids is 1. The zero-order chi connectivity index (χ0) is 17.8. The summed E-state index contributed by atoms with van der Waals surface area (Å²) >= 11 is 0. The number of aromatic nitrogens is 1. The number of ether oxygens (including phenoxy) is 1. The molecular weight excluding hydrogens is 328 g/mol. The molecule has 0 unspecified atom stereocenters. The van der Waals surface area contributed by atoms with Gasteiger partial charge in [-0.05, 0) is 57.2 Å². The SMILES string of the molecule is O=C(NCc1ccccn1)[C@@]12CCCCN1C[C@@H](NC1CCOCC1)C2. The molecule has 3 fully saturated rings. The summed E-state index contributed by atoms with van der Waals surface area (Å²) in [6.45, 7) is 4.22. The van der Waals surface area contributed by atoms with Gasteiger partial charge in [0.15, 0.2) is 0 Å². The number of nitrogens with zero attached hydrogens (tertiary/aromatic N) is 2. The van der Waals surface area contributed by atoms with Gasteiger partial charge in [-0.2, -0.15) is 0 Å². The number of amides is 1. The van der Waals surface area contributed by atoms with Crippen molar-refractivity contribution in [3.63, 3.8) is 0 Å². The van der Waals surface area contributed by atoms with Gasteiger partial charge in [-0.1, -0.05) is 6.07 Å². The van der Waals surface area contributed by atoms with Crippen LogP contribution in [0.15, 0.2) is 24.4 Å². The Kier molecular flexibility index (Phi) is 5.52. The molecule has 2 N–H and O–H groups in total. The molecule has 3 aliphatic rings. The average molecular weight is 358 g/mol. The Balaban J connectivity index is 1.40. The predicted molar refractivity (Wildman–Crippen MR) is 99.6 cm³/mol. The quantitative estimate of drug-likeness (QED) is 0.834. The van der Waals surface area contributed by atoms with Gasteiger partial charge in [0, 0.05) is 38.0 Å². The fourth-order valence-electron chi connectivity index (χ4n) is 4.82. The minimum absolute atomic E-state index is 0.180. The predicted octanol–water partition coefficient (Wildman–Crippen LogP) is 1.46. The molecule has 1 aromatic rings. The van der Waals surface area contributed by atoms with E-state index >= 15 is 0 Å². The summed E-state index contributed by atoms with van der Waals surface area (Å²) in [5.41, 5.74) is 0.574. The zero-order valence-corrected chi connectivity index (χ0v) is 15.5. The third kappa shape index (κ3) is 3.77. The maximum atomic E-state index is 13.2. The molecule has 1 aromatic heterocycles. The number of pyridine rings is 1. The summed E-state index contributed by atoms with van der Waals surface area (Å²) in [5, 5.41) is 6.98. The molecule has 0 aliphatic carbocycles. The van der Waals surface area contributed by atoms with E-state index in [1.165, 1.54) is 6.42 Å². The molecule has 0 saturated carbocycles. The first-order chi connectivity index (χ1) is 12.8. The second-order valence-electron chi connectivity index (χ2n) is 7.89. The topological polar surface area (TPSA) is 66.5 Å². The van der Waals surface area contributed by atoms with E-state index in [2.05, 4.69) is 20.5 Å². The van der Waals surface area contributed by atoms with E-state index in [0.29, 0.717) is 18.6 Å². The minimum atomic E-state index is -0.337. The highest BCUT2D eigenvalue weighted by Gasteiger charge is 2.51. The Morgan fingerprint density at radius 2 is 2.15 bits per heavy atom. The normalized spacial score (nSPS) is 30.1. The van der Waals surface area contributed by atoms with Crippen LogP contribution in [0, 0.1) is 0 Å². The third-order valence-corrected chi connectivity index (χ3v) is 6.17. The van der Waals surface area contributed by atoms with Crippen molar-refractivity contribution in [1.82, 2.24) is 20.5 Å². The third-order valence-electron chi connectivity index (χ3n) is 6.17. The molecule has 26 heavy (non-hydrogen) atoms. The van der Waals surface area contributed by atoms with Gasteiger partial charge in [0.05, 0.1) is 12.2 Å². The summed E-state index contributed by atoms with van der Waals surface area (Å²) in [6.07, 6.45) is 8.14. The molecule has 142 valence electrons. The number of piperidine rings is 1. The lowest BCUT2D eigenvalue weighted by Gasteiger charge is -2.40. The second-order valence-corrected chi connectivity index (χ2v) is 7.89. The first-order valence-electron chi connectivity index (χ1n) is 10.0. The molecule has 3 aliphatic heterocycles. The van der Waals surface area contributed by atoms with Gasteiger partial charge >= 0.3 is 0 Å². The van der Waals surface area contributed by atoms with Crippen LogP contribution in [0.1, 0.15) is 44.2 Å². The van der Waals surface area contributed by atoms with Crippen LogP contribution in [0.5, 0.6) is 0 Å². The van der Waals surface area contributed by atoms with Crippen LogP contribution >= 0.6 is 0 Å². The van der Waals surface area contributed by atoms with Crippen molar-refractivity contribution in [2.24, 2.45) is 0 Å². The molecule has 0 spiro atoms. The molecule has 4 rings (SSSR count). The summed E-state index contributed by atoms with van der Waals surface area (Å²) in [7, 11) is 0. The number of nitrogens with one attached hydrogen (secondary N) is 2. The van der Waals surface area contributed by atoms with E-state index < -0.39 is 0 Å². The number of hydrogen-bond donors (Lipinski definition) is 2. The van der Waals surface area contributed by atoms with Crippen LogP contribution in [0.3, 0.4) is 0 Å². The molecular formula is C20H30N4O2. The molecule has 2 atom stereocenters. The Morgan fingerprint density at radius 1 is 1.27 bits per heavy atom. The van der Waals surface area contributed by atoms with E-state index in [4.69, 9.17) is 4.74 Å². The first kappa shape index (κ1) is 17.9. The van der Waals surface area contributed by atoms with Crippen LogP contribution in [0.2, 0.25) is 0 Å².